The van der Waals surface area contributed by atoms with E-state index >= 15 is 0 Å². The van der Waals surface area contributed by atoms with Crippen molar-refractivity contribution in [3.8, 4) is 11.1 Å². The summed E-state index contributed by atoms with van der Waals surface area (Å²) < 4.78 is 38.5. The van der Waals surface area contributed by atoms with Crippen molar-refractivity contribution >= 4 is 6.09 Å². The monoisotopic (exact) mass is 531 g/mol. The second kappa shape index (κ2) is 14.5. The summed E-state index contributed by atoms with van der Waals surface area (Å²) in [6.45, 7) is 1.59. The molecule has 0 unspecified atom stereocenters. The highest BCUT2D eigenvalue weighted by Crippen LogP contribution is 2.44. The molecule has 208 valence electrons. The molecule has 2 aromatic carbocycles. The quantitative estimate of drug-likeness (QED) is 0.274. The van der Waals surface area contributed by atoms with Crippen LogP contribution in [0.3, 0.4) is 0 Å². The van der Waals surface area contributed by atoms with E-state index in [4.69, 9.17) is 33.2 Å². The summed E-state index contributed by atoms with van der Waals surface area (Å²) in [5, 5.41) is 10.2. The number of benzene rings is 2. The molecule has 3 atom stereocenters. The van der Waals surface area contributed by atoms with Gasteiger partial charge in [0.2, 0.25) is 0 Å². The molecule has 0 aromatic heterocycles. The molecule has 1 saturated heterocycles. The van der Waals surface area contributed by atoms with Crippen molar-refractivity contribution in [3.05, 3.63) is 59.7 Å². The lowest BCUT2D eigenvalue weighted by molar-refractivity contribution is -0.163. The maximum atomic E-state index is 13.3. The number of hydrogen-bond donors (Lipinski definition) is 1. The number of likely N-dealkylation sites (tertiary alicyclic amines) is 1. The lowest BCUT2D eigenvalue weighted by Gasteiger charge is -2.26. The lowest BCUT2D eigenvalue weighted by Crippen LogP contribution is -2.44. The Morgan fingerprint density at radius 1 is 0.868 bits per heavy atom. The average molecular weight is 532 g/mol. The van der Waals surface area contributed by atoms with Crippen LogP contribution in [-0.2, 0) is 33.2 Å². The van der Waals surface area contributed by atoms with Crippen molar-refractivity contribution < 1.29 is 43.1 Å². The van der Waals surface area contributed by atoms with Crippen LogP contribution in [0.4, 0.5) is 4.79 Å². The van der Waals surface area contributed by atoms with Gasteiger partial charge in [-0.05, 0) is 22.3 Å². The molecule has 0 spiro atoms. The predicted octanol–water partition coefficient (Wildman–Crippen LogP) is 2.62. The highest BCUT2D eigenvalue weighted by Gasteiger charge is 2.46. The maximum Gasteiger partial charge on any atom is 0.410 e. The summed E-state index contributed by atoms with van der Waals surface area (Å²) in [6.07, 6.45) is -1.71. The number of fused-ring (bicyclic) bond motifs is 3. The number of carbonyl (C=O) groups is 1. The summed E-state index contributed by atoms with van der Waals surface area (Å²) in [6, 6.07) is 15.7. The van der Waals surface area contributed by atoms with E-state index in [0.29, 0.717) is 26.4 Å². The number of methoxy groups -OCH3 is 2. The van der Waals surface area contributed by atoms with Crippen LogP contribution in [0.25, 0.3) is 11.1 Å². The Labute approximate surface area is 223 Å². The third-order valence-corrected chi connectivity index (χ3v) is 6.85. The Bertz CT molecular complexity index is 974. The molecule has 0 saturated carbocycles. The Kier molecular flexibility index (Phi) is 10.9. The Balaban J connectivity index is 1.40. The van der Waals surface area contributed by atoms with E-state index in [1.54, 1.807) is 14.2 Å². The second-order valence-electron chi connectivity index (χ2n) is 9.08. The zero-order valence-corrected chi connectivity index (χ0v) is 22.0. The average Bonchev–Trinajstić information content (AvgIpc) is 3.46. The SMILES string of the molecule is COCCOCO[C@@H]1[C@@H](OCOCCOC)CN(C(=O)OCC2c3ccccc3-c3ccccc32)[C@@H]1CO. The number of nitrogens with zero attached hydrogens (tertiary/aromatic N) is 1. The van der Waals surface area contributed by atoms with Gasteiger partial charge in [0.05, 0.1) is 45.6 Å². The highest BCUT2D eigenvalue weighted by molar-refractivity contribution is 5.79. The summed E-state index contributed by atoms with van der Waals surface area (Å²) in [7, 11) is 3.18. The number of hydrogen-bond acceptors (Lipinski definition) is 9. The van der Waals surface area contributed by atoms with Crippen LogP contribution in [0.15, 0.2) is 48.5 Å². The molecule has 1 aliphatic carbocycles. The summed E-state index contributed by atoms with van der Waals surface area (Å²) in [5.41, 5.74) is 4.57. The number of ether oxygens (including phenoxy) is 7. The van der Waals surface area contributed by atoms with Crippen molar-refractivity contribution in [3.63, 3.8) is 0 Å². The van der Waals surface area contributed by atoms with E-state index in [1.165, 1.54) is 4.90 Å². The van der Waals surface area contributed by atoms with Gasteiger partial charge in [-0.25, -0.2) is 4.79 Å². The topological polar surface area (TPSA) is 105 Å². The van der Waals surface area contributed by atoms with Crippen molar-refractivity contribution in [2.45, 2.75) is 24.2 Å². The molecule has 0 radical (unpaired) electrons. The number of aliphatic hydroxyl groups excluding tert-OH is 1. The van der Waals surface area contributed by atoms with Crippen LogP contribution in [0.1, 0.15) is 17.0 Å². The summed E-state index contributed by atoms with van der Waals surface area (Å²) in [4.78, 5) is 14.8. The highest BCUT2D eigenvalue weighted by atomic mass is 16.7. The van der Waals surface area contributed by atoms with E-state index in [0.717, 1.165) is 22.3 Å². The Hall–Kier alpha value is -2.57. The number of rotatable bonds is 15. The van der Waals surface area contributed by atoms with Gasteiger partial charge in [-0.2, -0.15) is 0 Å². The fourth-order valence-corrected chi connectivity index (χ4v) is 4.98. The molecular weight excluding hydrogens is 494 g/mol. The fraction of sp³-hybridized carbons (Fsp3) is 0.536. The standard InChI is InChI=1S/C28H37NO9/c1-32-11-13-34-18-37-26-15-29(25(16-30)27(26)38-19-35-14-12-33-2)28(31)36-17-24-22-9-5-3-7-20(22)21-8-4-6-10-23(21)24/h3-10,24-27,30H,11-19H2,1-2H3/t25-,26+,27+/m1/s1. The van der Waals surface area contributed by atoms with Gasteiger partial charge in [0.1, 0.15) is 32.4 Å². The fourth-order valence-electron chi connectivity index (χ4n) is 4.98. The van der Waals surface area contributed by atoms with Gasteiger partial charge in [-0.15, -0.1) is 0 Å². The minimum Gasteiger partial charge on any atom is -0.448 e. The van der Waals surface area contributed by atoms with Gasteiger partial charge in [0.25, 0.3) is 0 Å². The number of amides is 1. The molecule has 1 heterocycles. The Morgan fingerprint density at radius 3 is 2.03 bits per heavy atom. The number of carbonyl (C=O) groups excluding carboxylic acids is 1. The number of aliphatic hydroxyl groups is 1. The molecule has 38 heavy (non-hydrogen) atoms. The first-order valence-electron chi connectivity index (χ1n) is 12.8. The summed E-state index contributed by atoms with van der Waals surface area (Å²) in [5.74, 6) is -0.0657. The molecule has 1 N–H and O–H groups in total. The largest absolute Gasteiger partial charge is 0.448 e. The van der Waals surface area contributed by atoms with Gasteiger partial charge >= 0.3 is 6.09 Å². The summed E-state index contributed by atoms with van der Waals surface area (Å²) >= 11 is 0. The normalized spacial score (nSPS) is 20.5. The maximum absolute atomic E-state index is 13.3. The molecule has 4 rings (SSSR count). The molecular formula is C28H37NO9. The van der Waals surface area contributed by atoms with Crippen LogP contribution in [0.5, 0.6) is 0 Å². The van der Waals surface area contributed by atoms with Gasteiger partial charge in [-0.1, -0.05) is 48.5 Å². The zero-order valence-electron chi connectivity index (χ0n) is 22.0. The van der Waals surface area contributed by atoms with E-state index in [2.05, 4.69) is 24.3 Å². The second-order valence-corrected chi connectivity index (χ2v) is 9.08. The van der Waals surface area contributed by atoms with Crippen LogP contribution < -0.4 is 0 Å². The minimum atomic E-state index is -0.666. The molecule has 2 aliphatic rings. The van der Waals surface area contributed by atoms with Crippen molar-refractivity contribution in [2.75, 3.05) is 74.0 Å². The van der Waals surface area contributed by atoms with Gasteiger partial charge in [-0.3, -0.25) is 4.90 Å². The van der Waals surface area contributed by atoms with Gasteiger partial charge in [0, 0.05) is 20.1 Å². The first-order valence-corrected chi connectivity index (χ1v) is 12.8. The Morgan fingerprint density at radius 2 is 1.45 bits per heavy atom. The van der Waals surface area contributed by atoms with E-state index in [1.807, 2.05) is 24.3 Å². The van der Waals surface area contributed by atoms with Crippen LogP contribution >= 0.6 is 0 Å². The molecule has 10 nitrogen and oxygen atoms in total. The predicted molar refractivity (Wildman–Crippen MR) is 138 cm³/mol. The molecule has 1 aliphatic heterocycles. The van der Waals surface area contributed by atoms with Crippen LogP contribution in [-0.4, -0.2) is 108 Å². The smallest absolute Gasteiger partial charge is 0.410 e. The van der Waals surface area contributed by atoms with Gasteiger partial charge < -0.3 is 38.3 Å². The molecule has 2 aromatic rings. The first-order chi connectivity index (χ1) is 18.7. The van der Waals surface area contributed by atoms with Crippen molar-refractivity contribution in [2.24, 2.45) is 0 Å². The minimum absolute atomic E-state index is 0.00486. The van der Waals surface area contributed by atoms with E-state index in [-0.39, 0.29) is 39.3 Å². The van der Waals surface area contributed by atoms with Crippen LogP contribution in [0.2, 0.25) is 0 Å². The zero-order chi connectivity index (χ0) is 26.7. The molecule has 1 amide bonds. The van der Waals surface area contributed by atoms with E-state index < -0.39 is 24.3 Å². The molecule has 10 heteroatoms. The third-order valence-electron chi connectivity index (χ3n) is 6.85. The van der Waals surface area contributed by atoms with Crippen LogP contribution in [0, 0.1) is 0 Å². The molecule has 1 fully saturated rings. The van der Waals surface area contributed by atoms with Crippen molar-refractivity contribution in [1.29, 1.82) is 0 Å². The lowest BCUT2D eigenvalue weighted by atomic mass is 9.98. The third kappa shape index (κ3) is 6.70. The molecule has 0 bridgehead atoms. The first kappa shape index (κ1) is 28.4. The van der Waals surface area contributed by atoms with E-state index in [9.17, 15) is 9.90 Å². The van der Waals surface area contributed by atoms with Crippen molar-refractivity contribution in [1.82, 2.24) is 4.90 Å². The van der Waals surface area contributed by atoms with Gasteiger partial charge in [0.15, 0.2) is 0 Å².